The zero-order valence-corrected chi connectivity index (χ0v) is 7.12. The van der Waals surface area contributed by atoms with Gasteiger partial charge in [0, 0.05) is 17.6 Å². The maximum atomic E-state index is 12.7. The van der Waals surface area contributed by atoms with E-state index in [2.05, 4.69) is 4.98 Å². The third-order valence-electron chi connectivity index (χ3n) is 1.91. The summed E-state index contributed by atoms with van der Waals surface area (Å²) in [4.78, 5) is 3.57. The van der Waals surface area contributed by atoms with Crippen molar-refractivity contribution in [2.75, 3.05) is 7.11 Å². The summed E-state index contributed by atoms with van der Waals surface area (Å²) in [6, 6.07) is 6.85. The smallest absolute Gasteiger partial charge is 0.213 e. The van der Waals surface area contributed by atoms with Crippen molar-refractivity contribution in [3.05, 3.63) is 36.4 Å². The van der Waals surface area contributed by atoms with E-state index in [0.717, 1.165) is 10.8 Å². The van der Waals surface area contributed by atoms with Gasteiger partial charge in [0.2, 0.25) is 5.95 Å². The second-order valence-corrected chi connectivity index (χ2v) is 2.69. The largest absolute Gasteiger partial charge is 0.496 e. The van der Waals surface area contributed by atoms with E-state index in [1.54, 1.807) is 7.11 Å². The number of halogens is 1. The molecule has 0 radical (unpaired) electrons. The van der Waals surface area contributed by atoms with Crippen molar-refractivity contribution in [3.8, 4) is 5.75 Å². The molecule has 2 nitrogen and oxygen atoms in total. The Morgan fingerprint density at radius 1 is 1.38 bits per heavy atom. The standard InChI is InChI=1S/C10H8FNO/c1-13-9-4-2-3-7-5-10(11)12-6-8(7)9/h2-6H,1H3. The van der Waals surface area contributed by atoms with E-state index in [4.69, 9.17) is 4.74 Å². The average molecular weight is 177 g/mol. The molecule has 3 heteroatoms. The highest BCUT2D eigenvalue weighted by Crippen LogP contribution is 2.24. The van der Waals surface area contributed by atoms with Crippen LogP contribution in [0.5, 0.6) is 5.75 Å². The van der Waals surface area contributed by atoms with Gasteiger partial charge in [0.1, 0.15) is 5.75 Å². The highest BCUT2D eigenvalue weighted by molar-refractivity contribution is 5.87. The van der Waals surface area contributed by atoms with Crippen LogP contribution in [0.1, 0.15) is 0 Å². The SMILES string of the molecule is COc1cccc2cc(F)ncc12. The zero-order valence-electron chi connectivity index (χ0n) is 7.12. The van der Waals surface area contributed by atoms with Crippen LogP contribution in [0.3, 0.4) is 0 Å². The van der Waals surface area contributed by atoms with Gasteiger partial charge >= 0.3 is 0 Å². The highest BCUT2D eigenvalue weighted by Gasteiger charge is 2.01. The van der Waals surface area contributed by atoms with Gasteiger partial charge in [-0.05, 0) is 11.5 Å². The lowest BCUT2D eigenvalue weighted by Crippen LogP contribution is -1.87. The molecular formula is C10H8FNO. The van der Waals surface area contributed by atoms with Crippen LogP contribution < -0.4 is 4.74 Å². The molecule has 2 rings (SSSR count). The minimum Gasteiger partial charge on any atom is -0.496 e. The maximum absolute atomic E-state index is 12.7. The molecule has 0 atom stereocenters. The molecule has 0 aliphatic carbocycles. The molecule has 66 valence electrons. The monoisotopic (exact) mass is 177 g/mol. The first kappa shape index (κ1) is 7.98. The second-order valence-electron chi connectivity index (χ2n) is 2.69. The molecule has 0 unspecified atom stereocenters. The normalized spacial score (nSPS) is 10.3. The van der Waals surface area contributed by atoms with Gasteiger partial charge in [-0.25, -0.2) is 4.98 Å². The predicted octanol–water partition coefficient (Wildman–Crippen LogP) is 2.38. The summed E-state index contributed by atoms with van der Waals surface area (Å²) in [6.07, 6.45) is 1.48. The number of aromatic nitrogens is 1. The summed E-state index contributed by atoms with van der Waals surface area (Å²) < 4.78 is 17.8. The van der Waals surface area contributed by atoms with Gasteiger partial charge in [-0.3, -0.25) is 0 Å². The maximum Gasteiger partial charge on any atom is 0.213 e. The quantitative estimate of drug-likeness (QED) is 0.624. The van der Waals surface area contributed by atoms with E-state index in [9.17, 15) is 4.39 Å². The van der Waals surface area contributed by atoms with Gasteiger partial charge in [0.25, 0.3) is 0 Å². The molecule has 0 N–H and O–H groups in total. The van der Waals surface area contributed by atoms with Crippen LogP contribution >= 0.6 is 0 Å². The number of benzene rings is 1. The molecule has 0 saturated heterocycles. The van der Waals surface area contributed by atoms with E-state index in [0.29, 0.717) is 5.75 Å². The molecule has 0 aliphatic heterocycles. The number of ether oxygens (including phenoxy) is 1. The van der Waals surface area contributed by atoms with Crippen molar-refractivity contribution >= 4 is 10.8 Å². The lowest BCUT2D eigenvalue weighted by molar-refractivity contribution is 0.419. The van der Waals surface area contributed by atoms with Gasteiger partial charge in [-0.2, -0.15) is 4.39 Å². The first-order valence-electron chi connectivity index (χ1n) is 3.89. The van der Waals surface area contributed by atoms with Crippen LogP contribution in [0.4, 0.5) is 4.39 Å². The summed E-state index contributed by atoms with van der Waals surface area (Å²) >= 11 is 0. The van der Waals surface area contributed by atoms with Crippen LogP contribution in [-0.2, 0) is 0 Å². The molecule has 2 aromatic rings. The number of pyridine rings is 1. The molecule has 0 spiro atoms. The molecule has 0 saturated carbocycles. The number of hydrogen-bond donors (Lipinski definition) is 0. The van der Waals surface area contributed by atoms with Gasteiger partial charge in [0.05, 0.1) is 7.11 Å². The van der Waals surface area contributed by atoms with Crippen molar-refractivity contribution < 1.29 is 9.13 Å². The Balaban J connectivity index is 2.77. The highest BCUT2D eigenvalue weighted by atomic mass is 19.1. The van der Waals surface area contributed by atoms with Crippen molar-refractivity contribution in [1.82, 2.24) is 4.98 Å². The lowest BCUT2D eigenvalue weighted by atomic mass is 10.1. The summed E-state index contributed by atoms with van der Waals surface area (Å²) in [5.74, 6) is 0.241. The average Bonchev–Trinajstić information content (AvgIpc) is 2.16. The fourth-order valence-corrected chi connectivity index (χ4v) is 1.29. The van der Waals surface area contributed by atoms with E-state index in [1.807, 2.05) is 18.2 Å². The Hall–Kier alpha value is -1.64. The third-order valence-corrected chi connectivity index (χ3v) is 1.91. The summed E-state index contributed by atoms with van der Waals surface area (Å²) in [7, 11) is 1.58. The first-order valence-corrected chi connectivity index (χ1v) is 3.89. The zero-order chi connectivity index (χ0) is 9.26. The Kier molecular flexibility index (Phi) is 1.85. The van der Waals surface area contributed by atoms with Crippen LogP contribution in [0, 0.1) is 5.95 Å². The van der Waals surface area contributed by atoms with Crippen LogP contribution in [0.2, 0.25) is 0 Å². The minimum atomic E-state index is -0.472. The third kappa shape index (κ3) is 1.33. The molecule has 0 bridgehead atoms. The number of fused-ring (bicyclic) bond motifs is 1. The Bertz CT molecular complexity index is 442. The molecule has 0 amide bonds. The predicted molar refractivity (Wildman–Crippen MR) is 48.3 cm³/mol. The van der Waals surface area contributed by atoms with E-state index in [1.165, 1.54) is 12.3 Å². The first-order chi connectivity index (χ1) is 6.31. The summed E-state index contributed by atoms with van der Waals surface area (Å²) in [5, 5.41) is 1.62. The van der Waals surface area contributed by atoms with E-state index >= 15 is 0 Å². The fraction of sp³-hybridized carbons (Fsp3) is 0.100. The van der Waals surface area contributed by atoms with Crippen molar-refractivity contribution in [2.45, 2.75) is 0 Å². The van der Waals surface area contributed by atoms with Crippen LogP contribution in [0.15, 0.2) is 30.5 Å². The van der Waals surface area contributed by atoms with Crippen molar-refractivity contribution in [2.24, 2.45) is 0 Å². The van der Waals surface area contributed by atoms with E-state index in [-0.39, 0.29) is 0 Å². The second kappa shape index (κ2) is 3.01. The van der Waals surface area contributed by atoms with Gasteiger partial charge in [-0.15, -0.1) is 0 Å². The summed E-state index contributed by atoms with van der Waals surface area (Å²) in [6.45, 7) is 0. The van der Waals surface area contributed by atoms with Crippen molar-refractivity contribution in [3.63, 3.8) is 0 Å². The van der Waals surface area contributed by atoms with Crippen LogP contribution in [0.25, 0.3) is 10.8 Å². The minimum absolute atomic E-state index is 0.472. The number of rotatable bonds is 1. The van der Waals surface area contributed by atoms with E-state index < -0.39 is 5.95 Å². The van der Waals surface area contributed by atoms with Crippen LogP contribution in [-0.4, -0.2) is 12.1 Å². The Morgan fingerprint density at radius 3 is 3.00 bits per heavy atom. The molecule has 0 fully saturated rings. The van der Waals surface area contributed by atoms with Gasteiger partial charge in [0.15, 0.2) is 0 Å². The Labute approximate surface area is 75.0 Å². The van der Waals surface area contributed by atoms with Gasteiger partial charge in [-0.1, -0.05) is 12.1 Å². The van der Waals surface area contributed by atoms with Gasteiger partial charge < -0.3 is 4.74 Å². The lowest BCUT2D eigenvalue weighted by Gasteiger charge is -2.03. The molecule has 0 aliphatic rings. The molecule has 13 heavy (non-hydrogen) atoms. The molecule has 1 heterocycles. The summed E-state index contributed by atoms with van der Waals surface area (Å²) in [5.41, 5.74) is 0. The Morgan fingerprint density at radius 2 is 2.23 bits per heavy atom. The molecule has 1 aromatic heterocycles. The van der Waals surface area contributed by atoms with Crippen molar-refractivity contribution in [1.29, 1.82) is 0 Å². The number of methoxy groups -OCH3 is 1. The number of hydrogen-bond acceptors (Lipinski definition) is 2. The molecular weight excluding hydrogens is 169 g/mol. The fourth-order valence-electron chi connectivity index (χ4n) is 1.29. The topological polar surface area (TPSA) is 22.1 Å². The molecule has 1 aromatic carbocycles. The number of nitrogens with zero attached hydrogens (tertiary/aromatic N) is 1.